The monoisotopic (exact) mass is 496 g/mol. The van der Waals surface area contributed by atoms with Gasteiger partial charge in [0.25, 0.3) is 11.9 Å². The predicted molar refractivity (Wildman–Crippen MR) is 133 cm³/mol. The summed E-state index contributed by atoms with van der Waals surface area (Å²) in [6.07, 6.45) is 10.5. The lowest BCUT2D eigenvalue weighted by Gasteiger charge is -2.57. The number of aliphatic imine (C=N–C) groups is 1. The number of nitro groups is 1. The molecule has 4 aliphatic carbocycles. The van der Waals surface area contributed by atoms with Crippen LogP contribution in [0.5, 0.6) is 0 Å². The fourth-order valence-corrected chi connectivity index (χ4v) is 6.95. The number of carbonyl (C=O) groups excluding carboxylic acids is 1. The Bertz CT molecular complexity index is 1070. The summed E-state index contributed by atoms with van der Waals surface area (Å²) in [5.74, 6) is 1.88. The van der Waals surface area contributed by atoms with Crippen molar-refractivity contribution in [2.75, 3.05) is 5.32 Å². The maximum Gasteiger partial charge on any atom is 0.260 e. The second-order valence-corrected chi connectivity index (χ2v) is 10.8. The first-order valence-corrected chi connectivity index (χ1v) is 12.5. The third-order valence-corrected chi connectivity index (χ3v) is 7.85. The zero-order valence-corrected chi connectivity index (χ0v) is 20.1. The van der Waals surface area contributed by atoms with Gasteiger partial charge in [-0.3, -0.25) is 9.78 Å². The van der Waals surface area contributed by atoms with Gasteiger partial charge in [-0.1, -0.05) is 17.0 Å². The molecule has 0 aliphatic heterocycles. The quantitative estimate of drug-likeness (QED) is 0.222. The molecule has 9 nitrogen and oxygen atoms in total. The molecule has 0 saturated heterocycles. The summed E-state index contributed by atoms with van der Waals surface area (Å²) in [6.45, 7) is 0. The summed E-state index contributed by atoms with van der Waals surface area (Å²) in [6, 6.07) is 10.1. The van der Waals surface area contributed by atoms with Crippen LogP contribution in [0.25, 0.3) is 0 Å². The zero-order chi connectivity index (χ0) is 24.4. The van der Waals surface area contributed by atoms with Crippen LogP contribution in [0.1, 0.15) is 55.3 Å². The number of aromatic nitrogens is 1. The fraction of sp³-hybridized carbons (Fsp3) is 0.480. The van der Waals surface area contributed by atoms with Crippen molar-refractivity contribution in [1.82, 2.24) is 15.7 Å². The van der Waals surface area contributed by atoms with Gasteiger partial charge in [0.2, 0.25) is 0 Å². The third kappa shape index (κ3) is 5.73. The first-order chi connectivity index (χ1) is 16.9. The van der Waals surface area contributed by atoms with Gasteiger partial charge in [-0.2, -0.15) is 0 Å². The van der Waals surface area contributed by atoms with Crippen molar-refractivity contribution >= 4 is 29.2 Å². The lowest BCUT2D eigenvalue weighted by Crippen LogP contribution is -2.50. The van der Waals surface area contributed by atoms with Gasteiger partial charge in [-0.15, -0.1) is 0 Å². The first-order valence-electron chi connectivity index (χ1n) is 12.1. The van der Waals surface area contributed by atoms with Gasteiger partial charge in [0, 0.05) is 16.8 Å². The molecular weight excluding hydrogens is 468 g/mol. The molecule has 4 saturated carbocycles. The van der Waals surface area contributed by atoms with Gasteiger partial charge < -0.3 is 10.6 Å². The van der Waals surface area contributed by atoms with Crippen molar-refractivity contribution in [3.8, 4) is 0 Å². The van der Waals surface area contributed by atoms with Crippen molar-refractivity contribution < 1.29 is 9.83 Å². The number of anilines is 1. The molecule has 4 bridgehead atoms. The van der Waals surface area contributed by atoms with Crippen LogP contribution < -0.4 is 16.1 Å². The SMILES string of the molecule is O=C(NC(CC12CC3CC(CC(C3)C1)C2)/N=C(/Nc1cccnc1)N[N+](=O)[O-])c1ccc(Cl)cc1. The highest BCUT2D eigenvalue weighted by Gasteiger charge is 2.51. The Kier molecular flexibility index (Phi) is 6.60. The highest BCUT2D eigenvalue weighted by Crippen LogP contribution is 2.61. The Morgan fingerprint density at radius 1 is 1.14 bits per heavy atom. The molecule has 6 rings (SSSR count). The predicted octanol–water partition coefficient (Wildman–Crippen LogP) is 4.65. The number of rotatable bonds is 7. The molecule has 1 atom stereocenters. The Labute approximate surface area is 208 Å². The largest absolute Gasteiger partial charge is 0.330 e. The van der Waals surface area contributed by atoms with Crippen LogP contribution in [-0.4, -0.2) is 28.0 Å². The molecule has 1 aromatic heterocycles. The average molecular weight is 497 g/mol. The minimum atomic E-state index is -0.662. The number of hydrazine groups is 1. The molecule has 0 spiro atoms. The zero-order valence-electron chi connectivity index (χ0n) is 19.3. The van der Waals surface area contributed by atoms with E-state index in [4.69, 9.17) is 11.6 Å². The number of guanidine groups is 1. The number of carbonyl (C=O) groups is 1. The number of hydrogen-bond acceptors (Lipinski definition) is 5. The molecule has 0 radical (unpaired) electrons. The molecule has 184 valence electrons. The maximum absolute atomic E-state index is 13.1. The number of benzene rings is 1. The summed E-state index contributed by atoms with van der Waals surface area (Å²) in [5.41, 5.74) is 3.27. The number of nitrogens with zero attached hydrogens (tertiary/aromatic N) is 3. The van der Waals surface area contributed by atoms with Gasteiger partial charge in [-0.05, 0) is 105 Å². The Balaban J connectivity index is 1.42. The van der Waals surface area contributed by atoms with E-state index < -0.39 is 11.2 Å². The van der Waals surface area contributed by atoms with Crippen molar-refractivity contribution in [1.29, 1.82) is 0 Å². The molecule has 10 heteroatoms. The summed E-state index contributed by atoms with van der Waals surface area (Å²) < 4.78 is 0. The minimum Gasteiger partial charge on any atom is -0.330 e. The molecule has 35 heavy (non-hydrogen) atoms. The number of halogens is 1. The summed E-state index contributed by atoms with van der Waals surface area (Å²) >= 11 is 5.98. The van der Waals surface area contributed by atoms with Gasteiger partial charge in [-0.25, -0.2) is 15.1 Å². The van der Waals surface area contributed by atoms with Crippen LogP contribution in [0.15, 0.2) is 53.8 Å². The fourth-order valence-electron chi connectivity index (χ4n) is 6.82. The summed E-state index contributed by atoms with van der Waals surface area (Å²) in [5, 5.41) is 17.2. The molecule has 1 aromatic carbocycles. The second kappa shape index (κ2) is 9.81. The highest BCUT2D eigenvalue weighted by molar-refractivity contribution is 6.30. The molecule has 2 aromatic rings. The van der Waals surface area contributed by atoms with Crippen LogP contribution in [0.2, 0.25) is 5.02 Å². The van der Waals surface area contributed by atoms with E-state index in [1.165, 1.54) is 19.3 Å². The van der Waals surface area contributed by atoms with E-state index in [1.54, 1.807) is 48.8 Å². The van der Waals surface area contributed by atoms with Crippen molar-refractivity contribution in [3.05, 3.63) is 69.5 Å². The van der Waals surface area contributed by atoms with Crippen LogP contribution in [-0.2, 0) is 0 Å². The minimum absolute atomic E-state index is 0.0471. The Morgan fingerprint density at radius 3 is 2.37 bits per heavy atom. The Hall–Kier alpha value is -3.20. The van der Waals surface area contributed by atoms with Crippen LogP contribution in [0.4, 0.5) is 5.69 Å². The lowest BCUT2D eigenvalue weighted by molar-refractivity contribution is -0.525. The van der Waals surface area contributed by atoms with Crippen LogP contribution in [0.3, 0.4) is 0 Å². The molecule has 1 heterocycles. The lowest BCUT2D eigenvalue weighted by atomic mass is 9.48. The maximum atomic E-state index is 13.1. The van der Waals surface area contributed by atoms with Crippen molar-refractivity contribution in [3.63, 3.8) is 0 Å². The van der Waals surface area contributed by atoms with E-state index in [1.807, 2.05) is 0 Å². The smallest absolute Gasteiger partial charge is 0.260 e. The van der Waals surface area contributed by atoms with E-state index in [0.717, 1.165) is 37.0 Å². The number of pyridine rings is 1. The van der Waals surface area contributed by atoms with Gasteiger partial charge >= 0.3 is 0 Å². The Morgan fingerprint density at radius 2 is 1.80 bits per heavy atom. The standard InChI is InChI=1S/C25H29ClN6O3/c26-20-5-3-19(4-6-20)23(33)29-22(14-25-11-16-8-17(12-25)10-18(9-16)13-25)30-24(31-32(34)35)28-21-2-1-7-27-15-21/h1-7,15-18,22H,8-14H2,(H,29,33)(H2,28,30,31). The molecule has 1 amide bonds. The van der Waals surface area contributed by atoms with Gasteiger partial charge in [0.05, 0.1) is 11.9 Å². The molecular formula is C25H29ClN6O3. The normalized spacial score (nSPS) is 27.8. The molecule has 4 aliphatic rings. The van der Waals surface area contributed by atoms with Crippen LogP contribution >= 0.6 is 11.6 Å². The number of hydrogen-bond donors (Lipinski definition) is 3. The molecule has 4 fully saturated rings. The number of nitrogens with one attached hydrogen (secondary N) is 3. The topological polar surface area (TPSA) is 122 Å². The molecule has 1 unspecified atom stereocenters. The summed E-state index contributed by atoms with van der Waals surface area (Å²) in [4.78, 5) is 33.1. The third-order valence-electron chi connectivity index (χ3n) is 7.60. The van der Waals surface area contributed by atoms with E-state index in [9.17, 15) is 14.9 Å². The van der Waals surface area contributed by atoms with E-state index in [0.29, 0.717) is 22.7 Å². The number of amides is 1. The van der Waals surface area contributed by atoms with E-state index in [-0.39, 0.29) is 17.3 Å². The van der Waals surface area contributed by atoms with Crippen molar-refractivity contribution in [2.24, 2.45) is 28.2 Å². The first kappa shape index (κ1) is 23.5. The average Bonchev–Trinajstić information content (AvgIpc) is 2.78. The molecule has 3 N–H and O–H groups in total. The van der Waals surface area contributed by atoms with Gasteiger partial charge in [0.1, 0.15) is 6.17 Å². The second-order valence-electron chi connectivity index (χ2n) is 10.3. The highest BCUT2D eigenvalue weighted by atomic mass is 35.5. The van der Waals surface area contributed by atoms with Gasteiger partial charge in [0.15, 0.2) is 5.03 Å². The van der Waals surface area contributed by atoms with E-state index >= 15 is 0 Å². The summed E-state index contributed by atoms with van der Waals surface area (Å²) in [7, 11) is 0. The van der Waals surface area contributed by atoms with Crippen molar-refractivity contribution in [2.45, 2.75) is 51.1 Å². The van der Waals surface area contributed by atoms with E-state index in [2.05, 4.69) is 26.0 Å². The van der Waals surface area contributed by atoms with Crippen LogP contribution in [0, 0.1) is 33.3 Å².